The molecular formula is C25H27N7O2. The molecule has 5 heterocycles. The smallest absolute Gasteiger partial charge is 0.248 e. The molecule has 1 fully saturated rings. The molecule has 2 aliphatic rings. The lowest BCUT2D eigenvalue weighted by Crippen LogP contribution is -2.37. The third-order valence-corrected chi connectivity index (χ3v) is 7.06. The standard InChI is InChI=1S/C25H27N7O2/c33-15-23(34)31-11-9-20-16(14-31)6-7-22(28-20)29-25-27-12-19-18-8-10-26-13-21(18)32(24(19)30-25)17-4-2-1-3-5-17/h6-8,10,12-13,17,33H,1-5,9,11,14-15H2,(H,27,28,29,30). The van der Waals surface area contributed by atoms with Crippen molar-refractivity contribution in [2.45, 2.75) is 51.1 Å². The number of aliphatic hydroxyl groups excluding tert-OH is 1. The van der Waals surface area contributed by atoms with E-state index >= 15 is 0 Å². The van der Waals surface area contributed by atoms with Crippen LogP contribution < -0.4 is 5.32 Å². The number of nitrogens with one attached hydrogen (secondary N) is 1. The van der Waals surface area contributed by atoms with Gasteiger partial charge in [0.1, 0.15) is 18.1 Å². The van der Waals surface area contributed by atoms with E-state index in [1.807, 2.05) is 36.8 Å². The molecule has 1 amide bonds. The fourth-order valence-electron chi connectivity index (χ4n) is 5.35. The van der Waals surface area contributed by atoms with Gasteiger partial charge in [-0.15, -0.1) is 0 Å². The molecule has 0 aromatic carbocycles. The number of nitrogens with zero attached hydrogens (tertiary/aromatic N) is 6. The first-order valence-corrected chi connectivity index (χ1v) is 12.0. The number of rotatable bonds is 4. The molecule has 2 N–H and O–H groups in total. The fraction of sp³-hybridized carbons (Fsp3) is 0.400. The predicted octanol–water partition coefficient (Wildman–Crippen LogP) is 3.50. The van der Waals surface area contributed by atoms with E-state index in [0.29, 0.717) is 37.3 Å². The number of aromatic nitrogens is 5. The normalized spacial score (nSPS) is 16.7. The second-order valence-corrected chi connectivity index (χ2v) is 9.14. The van der Waals surface area contributed by atoms with Crippen molar-refractivity contribution in [1.29, 1.82) is 0 Å². The maximum absolute atomic E-state index is 11.8. The highest BCUT2D eigenvalue weighted by atomic mass is 16.3. The summed E-state index contributed by atoms with van der Waals surface area (Å²) in [5, 5.41) is 14.6. The zero-order valence-corrected chi connectivity index (χ0v) is 18.9. The Morgan fingerprint density at radius 2 is 1.97 bits per heavy atom. The molecule has 0 unspecified atom stereocenters. The Morgan fingerprint density at radius 1 is 1.09 bits per heavy atom. The van der Waals surface area contributed by atoms with E-state index in [1.165, 1.54) is 19.3 Å². The summed E-state index contributed by atoms with van der Waals surface area (Å²) in [7, 11) is 0. The summed E-state index contributed by atoms with van der Waals surface area (Å²) >= 11 is 0. The zero-order valence-electron chi connectivity index (χ0n) is 18.9. The van der Waals surface area contributed by atoms with Gasteiger partial charge >= 0.3 is 0 Å². The van der Waals surface area contributed by atoms with Gasteiger partial charge in [0.05, 0.1) is 11.7 Å². The van der Waals surface area contributed by atoms with Gasteiger partial charge in [0, 0.05) is 54.4 Å². The Bertz CT molecular complexity index is 1380. The molecule has 0 saturated heterocycles. The largest absolute Gasteiger partial charge is 0.387 e. The van der Waals surface area contributed by atoms with Gasteiger partial charge in [-0.25, -0.2) is 9.97 Å². The van der Waals surface area contributed by atoms with E-state index in [2.05, 4.69) is 19.9 Å². The molecule has 4 aromatic rings. The van der Waals surface area contributed by atoms with Crippen LogP contribution in [-0.2, 0) is 17.8 Å². The van der Waals surface area contributed by atoms with Crippen LogP contribution in [0.25, 0.3) is 21.9 Å². The van der Waals surface area contributed by atoms with E-state index in [4.69, 9.17) is 15.1 Å². The average molecular weight is 458 g/mol. The molecule has 4 aromatic heterocycles. The summed E-state index contributed by atoms with van der Waals surface area (Å²) in [6, 6.07) is 6.33. The van der Waals surface area contributed by atoms with E-state index in [1.54, 1.807) is 4.90 Å². The minimum Gasteiger partial charge on any atom is -0.387 e. The van der Waals surface area contributed by atoms with Crippen molar-refractivity contribution in [1.82, 2.24) is 29.4 Å². The second kappa shape index (κ2) is 8.64. The van der Waals surface area contributed by atoms with Crippen LogP contribution in [0.15, 0.2) is 36.8 Å². The molecule has 1 aliphatic heterocycles. The number of carbonyl (C=O) groups excluding carboxylic acids is 1. The third kappa shape index (κ3) is 3.66. The number of fused-ring (bicyclic) bond motifs is 4. The van der Waals surface area contributed by atoms with Crippen molar-refractivity contribution >= 4 is 39.6 Å². The Balaban J connectivity index is 1.33. The van der Waals surface area contributed by atoms with E-state index < -0.39 is 6.61 Å². The molecule has 174 valence electrons. The second-order valence-electron chi connectivity index (χ2n) is 9.14. The molecular weight excluding hydrogens is 430 g/mol. The number of anilines is 2. The topological polar surface area (TPSA) is 109 Å². The zero-order chi connectivity index (χ0) is 23.1. The van der Waals surface area contributed by atoms with Gasteiger partial charge in [0.2, 0.25) is 11.9 Å². The van der Waals surface area contributed by atoms with Crippen LogP contribution in [0.3, 0.4) is 0 Å². The summed E-state index contributed by atoms with van der Waals surface area (Å²) in [6.45, 7) is 0.566. The van der Waals surface area contributed by atoms with Gasteiger partial charge < -0.3 is 19.9 Å². The lowest BCUT2D eigenvalue weighted by molar-refractivity contribution is -0.135. The van der Waals surface area contributed by atoms with Crippen molar-refractivity contribution in [2.75, 3.05) is 18.5 Å². The van der Waals surface area contributed by atoms with Crippen LogP contribution in [0.1, 0.15) is 49.4 Å². The quantitative estimate of drug-likeness (QED) is 0.483. The number of amides is 1. The predicted molar refractivity (Wildman–Crippen MR) is 129 cm³/mol. The van der Waals surface area contributed by atoms with Crippen LogP contribution in [0.4, 0.5) is 11.8 Å². The minimum atomic E-state index is -0.462. The van der Waals surface area contributed by atoms with Crippen LogP contribution in [0.2, 0.25) is 0 Å². The summed E-state index contributed by atoms with van der Waals surface area (Å²) < 4.78 is 2.36. The molecule has 9 nitrogen and oxygen atoms in total. The monoisotopic (exact) mass is 457 g/mol. The number of hydrogen-bond donors (Lipinski definition) is 2. The van der Waals surface area contributed by atoms with Crippen LogP contribution >= 0.6 is 0 Å². The molecule has 0 bridgehead atoms. The minimum absolute atomic E-state index is 0.252. The van der Waals surface area contributed by atoms with Gasteiger partial charge in [-0.3, -0.25) is 9.78 Å². The number of hydrogen-bond acceptors (Lipinski definition) is 7. The Kier molecular flexibility index (Phi) is 5.33. The molecule has 1 aliphatic carbocycles. The summed E-state index contributed by atoms with van der Waals surface area (Å²) in [5.41, 5.74) is 4.00. The number of pyridine rings is 2. The first kappa shape index (κ1) is 21.0. The fourth-order valence-corrected chi connectivity index (χ4v) is 5.35. The Morgan fingerprint density at radius 3 is 2.82 bits per heavy atom. The van der Waals surface area contributed by atoms with Gasteiger partial charge in [0.25, 0.3) is 0 Å². The van der Waals surface area contributed by atoms with Gasteiger partial charge in [-0.1, -0.05) is 25.3 Å². The highest BCUT2D eigenvalue weighted by Crippen LogP contribution is 2.36. The molecule has 34 heavy (non-hydrogen) atoms. The summed E-state index contributed by atoms with van der Waals surface area (Å²) in [4.78, 5) is 32.1. The maximum atomic E-state index is 11.8. The number of carbonyl (C=O) groups is 1. The van der Waals surface area contributed by atoms with Gasteiger partial charge in [-0.05, 0) is 30.5 Å². The van der Waals surface area contributed by atoms with Crippen LogP contribution in [0, 0.1) is 0 Å². The molecule has 9 heteroatoms. The van der Waals surface area contributed by atoms with Gasteiger partial charge in [-0.2, -0.15) is 4.98 Å². The van der Waals surface area contributed by atoms with E-state index in [9.17, 15) is 4.79 Å². The lowest BCUT2D eigenvalue weighted by Gasteiger charge is -2.28. The Hall–Kier alpha value is -3.59. The Labute approximate surface area is 196 Å². The summed E-state index contributed by atoms with van der Waals surface area (Å²) in [6.07, 6.45) is 12.4. The molecule has 0 atom stereocenters. The molecule has 0 spiro atoms. The maximum Gasteiger partial charge on any atom is 0.248 e. The van der Waals surface area contributed by atoms with Crippen LogP contribution in [-0.4, -0.2) is 53.6 Å². The van der Waals surface area contributed by atoms with Gasteiger partial charge in [0.15, 0.2) is 0 Å². The first-order valence-electron chi connectivity index (χ1n) is 12.0. The molecule has 0 radical (unpaired) electrons. The SMILES string of the molecule is O=C(CO)N1CCc2nc(Nc3ncc4c5ccncc5n(C5CCCCC5)c4n3)ccc2C1. The summed E-state index contributed by atoms with van der Waals surface area (Å²) in [5.74, 6) is 0.945. The highest BCUT2D eigenvalue weighted by Gasteiger charge is 2.23. The molecule has 6 rings (SSSR count). The van der Waals surface area contributed by atoms with Crippen molar-refractivity contribution in [3.63, 3.8) is 0 Å². The third-order valence-electron chi connectivity index (χ3n) is 7.06. The van der Waals surface area contributed by atoms with Crippen molar-refractivity contribution in [3.05, 3.63) is 48.0 Å². The number of aliphatic hydroxyl groups is 1. The average Bonchev–Trinajstić information content (AvgIpc) is 3.22. The highest BCUT2D eigenvalue weighted by molar-refractivity contribution is 6.06. The molecule has 1 saturated carbocycles. The van der Waals surface area contributed by atoms with Crippen LogP contribution in [0.5, 0.6) is 0 Å². The first-order chi connectivity index (χ1) is 16.7. The lowest BCUT2D eigenvalue weighted by atomic mass is 9.95. The van der Waals surface area contributed by atoms with Crippen molar-refractivity contribution in [2.24, 2.45) is 0 Å². The van der Waals surface area contributed by atoms with Crippen molar-refractivity contribution in [3.8, 4) is 0 Å². The van der Waals surface area contributed by atoms with Crippen molar-refractivity contribution < 1.29 is 9.90 Å². The van der Waals surface area contributed by atoms with E-state index in [-0.39, 0.29) is 5.91 Å². The van der Waals surface area contributed by atoms with E-state index in [0.717, 1.165) is 46.0 Å².